The van der Waals surface area contributed by atoms with E-state index in [1.165, 1.54) is 32.2 Å². The fourth-order valence-electron chi connectivity index (χ4n) is 3.74. The predicted octanol–water partition coefficient (Wildman–Crippen LogP) is 2.15. The number of nitrogens with one attached hydrogen (secondary N) is 2. The molecule has 0 radical (unpaired) electrons. The highest BCUT2D eigenvalue weighted by atomic mass is 16.2. The van der Waals surface area contributed by atoms with E-state index in [1.54, 1.807) is 0 Å². The van der Waals surface area contributed by atoms with Gasteiger partial charge in [-0.3, -0.25) is 4.79 Å². The molecular weight excluding hydrogens is 262 g/mol. The zero-order valence-electron chi connectivity index (χ0n) is 14.1. The summed E-state index contributed by atoms with van der Waals surface area (Å²) in [6, 6.07) is 0.688. The molecule has 2 heterocycles. The molecule has 2 saturated heterocycles. The number of carbonyl (C=O) groups is 1. The van der Waals surface area contributed by atoms with Crippen molar-refractivity contribution in [2.24, 2.45) is 5.41 Å². The Balaban J connectivity index is 1.67. The van der Waals surface area contributed by atoms with E-state index in [0.29, 0.717) is 6.04 Å². The lowest BCUT2D eigenvalue weighted by atomic mass is 9.77. The first-order valence-electron chi connectivity index (χ1n) is 8.76. The van der Waals surface area contributed by atoms with E-state index in [0.717, 1.165) is 32.5 Å². The summed E-state index contributed by atoms with van der Waals surface area (Å²) in [6.45, 7) is 10.8. The van der Waals surface area contributed by atoms with E-state index < -0.39 is 0 Å². The third kappa shape index (κ3) is 4.68. The molecule has 21 heavy (non-hydrogen) atoms. The summed E-state index contributed by atoms with van der Waals surface area (Å²) in [4.78, 5) is 14.9. The quantitative estimate of drug-likeness (QED) is 0.764. The SMILES string of the molecule is CC1CCCCN1CCCNC(=O)C1NCCCC1(C)C. The molecule has 2 atom stereocenters. The largest absolute Gasteiger partial charge is 0.355 e. The van der Waals surface area contributed by atoms with Gasteiger partial charge in [-0.05, 0) is 57.5 Å². The molecule has 2 N–H and O–H groups in total. The minimum absolute atomic E-state index is 0.0276. The van der Waals surface area contributed by atoms with E-state index in [9.17, 15) is 4.79 Å². The van der Waals surface area contributed by atoms with Crippen molar-refractivity contribution in [1.82, 2.24) is 15.5 Å². The van der Waals surface area contributed by atoms with E-state index >= 15 is 0 Å². The van der Waals surface area contributed by atoms with Crippen molar-refractivity contribution in [1.29, 1.82) is 0 Å². The molecule has 2 unspecified atom stereocenters. The molecule has 2 aliphatic heterocycles. The smallest absolute Gasteiger partial charge is 0.237 e. The van der Waals surface area contributed by atoms with Crippen molar-refractivity contribution in [3.05, 3.63) is 0 Å². The Labute approximate surface area is 130 Å². The van der Waals surface area contributed by atoms with Crippen LogP contribution >= 0.6 is 0 Å². The molecule has 0 bridgehead atoms. The summed E-state index contributed by atoms with van der Waals surface area (Å²) in [6.07, 6.45) is 7.39. The second-order valence-corrected chi connectivity index (χ2v) is 7.50. The van der Waals surface area contributed by atoms with Crippen LogP contribution < -0.4 is 10.6 Å². The first-order chi connectivity index (χ1) is 10.0. The Kier molecular flexibility index (Phi) is 6.06. The van der Waals surface area contributed by atoms with Gasteiger partial charge < -0.3 is 15.5 Å². The van der Waals surface area contributed by atoms with Crippen molar-refractivity contribution < 1.29 is 4.79 Å². The first-order valence-corrected chi connectivity index (χ1v) is 8.76. The maximum absolute atomic E-state index is 12.3. The zero-order valence-corrected chi connectivity index (χ0v) is 14.1. The third-order valence-electron chi connectivity index (χ3n) is 5.25. The average Bonchev–Trinajstić information content (AvgIpc) is 2.44. The molecule has 4 nitrogen and oxygen atoms in total. The van der Waals surface area contributed by atoms with Gasteiger partial charge in [-0.25, -0.2) is 0 Å². The summed E-state index contributed by atoms with van der Waals surface area (Å²) in [7, 11) is 0. The van der Waals surface area contributed by atoms with E-state index in [-0.39, 0.29) is 17.4 Å². The highest BCUT2D eigenvalue weighted by molar-refractivity contribution is 5.82. The van der Waals surface area contributed by atoms with Gasteiger partial charge in [-0.15, -0.1) is 0 Å². The predicted molar refractivity (Wildman–Crippen MR) is 87.3 cm³/mol. The molecule has 2 fully saturated rings. The Morgan fingerprint density at radius 3 is 2.86 bits per heavy atom. The van der Waals surface area contributed by atoms with Crippen LogP contribution in [-0.2, 0) is 4.79 Å². The van der Waals surface area contributed by atoms with Gasteiger partial charge in [0.1, 0.15) is 0 Å². The molecule has 0 aromatic heterocycles. The lowest BCUT2D eigenvalue weighted by Crippen LogP contribution is -2.55. The summed E-state index contributed by atoms with van der Waals surface area (Å²) in [5.74, 6) is 0.186. The average molecular weight is 295 g/mol. The van der Waals surface area contributed by atoms with E-state index in [2.05, 4.69) is 36.3 Å². The van der Waals surface area contributed by atoms with E-state index in [1.807, 2.05) is 0 Å². The van der Waals surface area contributed by atoms with Crippen molar-refractivity contribution in [2.45, 2.75) is 71.4 Å². The van der Waals surface area contributed by atoms with Gasteiger partial charge in [-0.1, -0.05) is 20.3 Å². The fourth-order valence-corrected chi connectivity index (χ4v) is 3.74. The van der Waals surface area contributed by atoms with Gasteiger partial charge in [0.25, 0.3) is 0 Å². The van der Waals surface area contributed by atoms with Gasteiger partial charge >= 0.3 is 0 Å². The molecule has 4 heteroatoms. The zero-order chi connectivity index (χ0) is 15.3. The highest BCUT2D eigenvalue weighted by Crippen LogP contribution is 2.30. The molecule has 2 rings (SSSR count). The van der Waals surface area contributed by atoms with Crippen LogP contribution in [0.25, 0.3) is 0 Å². The number of rotatable bonds is 5. The van der Waals surface area contributed by atoms with Crippen LogP contribution in [0.4, 0.5) is 0 Å². The lowest BCUT2D eigenvalue weighted by Gasteiger charge is -2.38. The molecule has 1 amide bonds. The van der Waals surface area contributed by atoms with Crippen LogP contribution in [0.5, 0.6) is 0 Å². The number of hydrogen-bond acceptors (Lipinski definition) is 3. The van der Waals surface area contributed by atoms with Gasteiger partial charge in [0.2, 0.25) is 5.91 Å². The standard InChI is InChI=1S/C17H33N3O/c1-14-8-4-5-12-20(14)13-7-11-19-16(21)15-17(2,3)9-6-10-18-15/h14-15,18H,4-13H2,1-3H3,(H,19,21). The number of hydrogen-bond donors (Lipinski definition) is 2. The first kappa shape index (κ1) is 16.8. The monoisotopic (exact) mass is 295 g/mol. The van der Waals surface area contributed by atoms with Crippen LogP contribution in [0.2, 0.25) is 0 Å². The number of carbonyl (C=O) groups excluding carboxylic acids is 1. The van der Waals surface area contributed by atoms with Crippen molar-refractivity contribution >= 4 is 5.91 Å². The molecule has 0 spiro atoms. The van der Waals surface area contributed by atoms with Gasteiger partial charge in [0, 0.05) is 19.1 Å². The normalized spacial score (nSPS) is 30.0. The molecule has 0 aliphatic carbocycles. The topological polar surface area (TPSA) is 44.4 Å². The minimum atomic E-state index is -0.0276. The number of amides is 1. The molecular formula is C17H33N3O. The van der Waals surface area contributed by atoms with Gasteiger partial charge in [-0.2, -0.15) is 0 Å². The Hall–Kier alpha value is -0.610. The number of piperidine rings is 2. The summed E-state index contributed by atoms with van der Waals surface area (Å²) in [5, 5.41) is 6.52. The van der Waals surface area contributed by atoms with Crippen molar-refractivity contribution in [3.8, 4) is 0 Å². The van der Waals surface area contributed by atoms with Crippen LogP contribution in [0.3, 0.4) is 0 Å². The summed E-state index contributed by atoms with van der Waals surface area (Å²) >= 11 is 0. The number of nitrogens with zero attached hydrogens (tertiary/aromatic N) is 1. The maximum atomic E-state index is 12.3. The Morgan fingerprint density at radius 2 is 2.14 bits per heavy atom. The molecule has 0 aromatic carbocycles. The fraction of sp³-hybridized carbons (Fsp3) is 0.941. The maximum Gasteiger partial charge on any atom is 0.237 e. The number of likely N-dealkylation sites (tertiary alicyclic amines) is 1. The van der Waals surface area contributed by atoms with Gasteiger partial charge in [0.15, 0.2) is 0 Å². The van der Waals surface area contributed by atoms with Crippen LogP contribution in [0.15, 0.2) is 0 Å². The third-order valence-corrected chi connectivity index (χ3v) is 5.25. The van der Waals surface area contributed by atoms with Crippen molar-refractivity contribution in [3.63, 3.8) is 0 Å². The van der Waals surface area contributed by atoms with Crippen LogP contribution in [-0.4, -0.2) is 49.1 Å². The minimum Gasteiger partial charge on any atom is -0.355 e. The summed E-state index contributed by atoms with van der Waals surface area (Å²) < 4.78 is 0. The lowest BCUT2D eigenvalue weighted by molar-refractivity contribution is -0.126. The van der Waals surface area contributed by atoms with E-state index in [4.69, 9.17) is 0 Å². The van der Waals surface area contributed by atoms with Crippen LogP contribution in [0, 0.1) is 5.41 Å². The summed E-state index contributed by atoms with van der Waals surface area (Å²) in [5.41, 5.74) is 0.0731. The molecule has 2 aliphatic rings. The second-order valence-electron chi connectivity index (χ2n) is 7.50. The molecule has 0 saturated carbocycles. The Morgan fingerprint density at radius 1 is 1.33 bits per heavy atom. The molecule has 122 valence electrons. The van der Waals surface area contributed by atoms with Crippen LogP contribution in [0.1, 0.15) is 59.3 Å². The van der Waals surface area contributed by atoms with Crippen molar-refractivity contribution in [2.75, 3.05) is 26.2 Å². The van der Waals surface area contributed by atoms with Gasteiger partial charge in [0.05, 0.1) is 6.04 Å². The second kappa shape index (κ2) is 7.59. The Bertz CT molecular complexity index is 343. The highest BCUT2D eigenvalue weighted by Gasteiger charge is 2.36. The molecule has 0 aromatic rings.